The fraction of sp³-hybridized carbons (Fsp3) is 0.0811. The van der Waals surface area contributed by atoms with E-state index in [0.717, 1.165) is 0 Å². The molecule has 0 fully saturated rings. The van der Waals surface area contributed by atoms with E-state index >= 15 is 0 Å². The summed E-state index contributed by atoms with van der Waals surface area (Å²) in [6, 6.07) is 41.3. The summed E-state index contributed by atoms with van der Waals surface area (Å²) in [4.78, 5) is 0. The van der Waals surface area contributed by atoms with Crippen molar-refractivity contribution in [3.8, 4) is 11.1 Å². The van der Waals surface area contributed by atoms with Crippen molar-refractivity contribution in [2.24, 2.45) is 0 Å². The number of hydrogen-bond acceptors (Lipinski definition) is 1. The van der Waals surface area contributed by atoms with Crippen LogP contribution in [0.25, 0.3) is 74.4 Å². The van der Waals surface area contributed by atoms with E-state index in [0.29, 0.717) is 0 Å². The molecule has 0 spiro atoms. The second-order valence-electron chi connectivity index (χ2n) is 11.4. The Labute approximate surface area is 224 Å². The molecule has 0 amide bonds. The van der Waals surface area contributed by atoms with Crippen molar-refractivity contribution in [2.75, 3.05) is 0 Å². The molecule has 1 aromatic heterocycles. The first-order valence-electron chi connectivity index (χ1n) is 13.4. The maximum atomic E-state index is 2.48. The highest BCUT2D eigenvalue weighted by Crippen LogP contribution is 2.52. The molecule has 1 heteroatoms. The summed E-state index contributed by atoms with van der Waals surface area (Å²) in [7, 11) is 0. The number of thiophene rings is 1. The Balaban J connectivity index is 1.44. The lowest BCUT2D eigenvalue weighted by Gasteiger charge is -2.21. The SMILES string of the molecule is CC1(C)c2ccccc2-c2cc3c(cc21)sc1cc2c4cc5ccccc5cc4c4ccccc4c2cc13. The molecule has 1 aliphatic carbocycles. The fourth-order valence-electron chi connectivity index (χ4n) is 7.10. The maximum absolute atomic E-state index is 2.48. The van der Waals surface area contributed by atoms with Gasteiger partial charge in [-0.2, -0.15) is 0 Å². The second kappa shape index (κ2) is 7.01. The molecule has 38 heavy (non-hydrogen) atoms. The maximum Gasteiger partial charge on any atom is 0.0362 e. The summed E-state index contributed by atoms with van der Waals surface area (Å²) >= 11 is 1.94. The number of hydrogen-bond donors (Lipinski definition) is 0. The van der Waals surface area contributed by atoms with Crippen LogP contribution in [0.5, 0.6) is 0 Å². The monoisotopic (exact) mass is 500 g/mol. The van der Waals surface area contributed by atoms with E-state index in [2.05, 4.69) is 123 Å². The molecular formula is C37H24S. The lowest BCUT2D eigenvalue weighted by molar-refractivity contribution is 0.661. The van der Waals surface area contributed by atoms with Gasteiger partial charge in [-0.1, -0.05) is 86.6 Å². The largest absolute Gasteiger partial charge is 0.135 e. The highest BCUT2D eigenvalue weighted by atomic mass is 32.1. The average molecular weight is 501 g/mol. The van der Waals surface area contributed by atoms with Crippen LogP contribution in [0.15, 0.2) is 109 Å². The standard InChI is InChI=1S/C37H24S/c1-37(2)33-14-8-7-13-25(33)30-18-32-31-17-28-24-12-6-5-11-23(24)26-15-21-9-3-4-10-22(21)16-27(26)29(28)19-35(31)38-36(32)20-34(30)37/h3-20H,1-2H3. The molecule has 0 aliphatic heterocycles. The highest BCUT2D eigenvalue weighted by Gasteiger charge is 2.35. The van der Waals surface area contributed by atoms with Crippen LogP contribution in [0.3, 0.4) is 0 Å². The molecule has 0 saturated heterocycles. The third-order valence-electron chi connectivity index (χ3n) is 9.00. The molecule has 0 nitrogen and oxygen atoms in total. The van der Waals surface area contributed by atoms with E-state index in [1.165, 1.54) is 85.5 Å². The Morgan fingerprint density at radius 3 is 1.74 bits per heavy atom. The molecule has 1 aliphatic rings. The molecule has 8 aromatic rings. The van der Waals surface area contributed by atoms with Crippen LogP contribution < -0.4 is 0 Å². The van der Waals surface area contributed by atoms with Crippen molar-refractivity contribution in [3.05, 3.63) is 120 Å². The van der Waals surface area contributed by atoms with Crippen molar-refractivity contribution in [1.29, 1.82) is 0 Å². The zero-order chi connectivity index (χ0) is 25.2. The minimum Gasteiger partial charge on any atom is -0.135 e. The average Bonchev–Trinajstić information content (AvgIpc) is 3.41. The Hall–Kier alpha value is -4.20. The first-order valence-corrected chi connectivity index (χ1v) is 14.2. The molecule has 0 unspecified atom stereocenters. The molecule has 0 atom stereocenters. The van der Waals surface area contributed by atoms with Crippen LogP contribution in [0, 0.1) is 0 Å². The van der Waals surface area contributed by atoms with Crippen molar-refractivity contribution in [2.45, 2.75) is 19.3 Å². The van der Waals surface area contributed by atoms with Crippen LogP contribution in [0.1, 0.15) is 25.0 Å². The van der Waals surface area contributed by atoms with Gasteiger partial charge >= 0.3 is 0 Å². The van der Waals surface area contributed by atoms with E-state index in [4.69, 9.17) is 0 Å². The Morgan fingerprint density at radius 1 is 0.421 bits per heavy atom. The van der Waals surface area contributed by atoms with Crippen LogP contribution in [0.4, 0.5) is 0 Å². The van der Waals surface area contributed by atoms with Gasteiger partial charge in [0.2, 0.25) is 0 Å². The van der Waals surface area contributed by atoms with Gasteiger partial charge in [0, 0.05) is 25.6 Å². The Morgan fingerprint density at radius 2 is 0.974 bits per heavy atom. The summed E-state index contributed by atoms with van der Waals surface area (Å²) in [5.41, 5.74) is 5.69. The van der Waals surface area contributed by atoms with Gasteiger partial charge < -0.3 is 0 Å². The lowest BCUT2D eigenvalue weighted by Crippen LogP contribution is -2.14. The lowest BCUT2D eigenvalue weighted by atomic mass is 9.82. The third-order valence-corrected chi connectivity index (χ3v) is 10.1. The molecule has 7 aromatic carbocycles. The molecule has 0 N–H and O–H groups in total. The predicted octanol–water partition coefficient (Wildman–Crippen LogP) is 11.0. The van der Waals surface area contributed by atoms with Gasteiger partial charge in [0.25, 0.3) is 0 Å². The van der Waals surface area contributed by atoms with Crippen LogP contribution in [0.2, 0.25) is 0 Å². The first kappa shape index (κ1) is 20.8. The van der Waals surface area contributed by atoms with E-state index in [9.17, 15) is 0 Å². The highest BCUT2D eigenvalue weighted by molar-refractivity contribution is 7.26. The quantitative estimate of drug-likeness (QED) is 0.143. The molecule has 9 rings (SSSR count). The van der Waals surface area contributed by atoms with E-state index in [-0.39, 0.29) is 5.41 Å². The Bertz CT molecular complexity index is 2310. The molecule has 178 valence electrons. The summed E-state index contributed by atoms with van der Waals surface area (Å²) in [5, 5.41) is 13.4. The van der Waals surface area contributed by atoms with Crippen molar-refractivity contribution < 1.29 is 0 Å². The zero-order valence-electron chi connectivity index (χ0n) is 21.3. The molecule has 1 heterocycles. The van der Waals surface area contributed by atoms with E-state index in [1.807, 2.05) is 11.3 Å². The van der Waals surface area contributed by atoms with Gasteiger partial charge in [-0.05, 0) is 102 Å². The number of rotatable bonds is 0. The summed E-state index contributed by atoms with van der Waals surface area (Å²) in [5.74, 6) is 0. The van der Waals surface area contributed by atoms with Crippen molar-refractivity contribution >= 4 is 74.6 Å². The van der Waals surface area contributed by atoms with Gasteiger partial charge in [-0.25, -0.2) is 0 Å². The fourth-order valence-corrected chi connectivity index (χ4v) is 8.25. The smallest absolute Gasteiger partial charge is 0.0362 e. The van der Waals surface area contributed by atoms with E-state index in [1.54, 1.807) is 0 Å². The number of benzene rings is 7. The minimum atomic E-state index is 0.0223. The van der Waals surface area contributed by atoms with Crippen LogP contribution >= 0.6 is 11.3 Å². The molecule has 0 bridgehead atoms. The normalized spacial score (nSPS) is 14.3. The van der Waals surface area contributed by atoms with Gasteiger partial charge in [-0.3, -0.25) is 0 Å². The van der Waals surface area contributed by atoms with Gasteiger partial charge in [0.15, 0.2) is 0 Å². The minimum absolute atomic E-state index is 0.0223. The van der Waals surface area contributed by atoms with Crippen LogP contribution in [-0.4, -0.2) is 0 Å². The van der Waals surface area contributed by atoms with Crippen molar-refractivity contribution in [3.63, 3.8) is 0 Å². The summed E-state index contributed by atoms with van der Waals surface area (Å²) in [6.45, 7) is 4.74. The third kappa shape index (κ3) is 2.55. The molecular weight excluding hydrogens is 476 g/mol. The van der Waals surface area contributed by atoms with Crippen LogP contribution in [-0.2, 0) is 5.41 Å². The van der Waals surface area contributed by atoms with Crippen molar-refractivity contribution in [1.82, 2.24) is 0 Å². The zero-order valence-corrected chi connectivity index (χ0v) is 22.1. The first-order chi connectivity index (χ1) is 18.6. The Kier molecular flexibility index (Phi) is 3.84. The van der Waals surface area contributed by atoms with Gasteiger partial charge in [-0.15, -0.1) is 11.3 Å². The predicted molar refractivity (Wildman–Crippen MR) is 167 cm³/mol. The topological polar surface area (TPSA) is 0 Å². The van der Waals surface area contributed by atoms with Gasteiger partial charge in [0.05, 0.1) is 0 Å². The van der Waals surface area contributed by atoms with E-state index < -0.39 is 0 Å². The second-order valence-corrected chi connectivity index (χ2v) is 12.4. The number of fused-ring (bicyclic) bond motifs is 13. The summed E-state index contributed by atoms with van der Waals surface area (Å²) < 4.78 is 2.75. The summed E-state index contributed by atoms with van der Waals surface area (Å²) in [6.07, 6.45) is 0. The van der Waals surface area contributed by atoms with Gasteiger partial charge in [0.1, 0.15) is 0 Å². The molecule has 0 saturated carbocycles. The molecule has 0 radical (unpaired) electrons.